The lowest BCUT2D eigenvalue weighted by Crippen LogP contribution is -2.22. The number of thioether (sulfide) groups is 1. The lowest BCUT2D eigenvalue weighted by Gasteiger charge is -2.16. The van der Waals surface area contributed by atoms with Gasteiger partial charge in [0.1, 0.15) is 11.5 Å². The van der Waals surface area contributed by atoms with Crippen molar-refractivity contribution in [1.29, 1.82) is 0 Å². The third kappa shape index (κ3) is 2.78. The molecule has 0 spiro atoms. The Balaban J connectivity index is 2.75. The summed E-state index contributed by atoms with van der Waals surface area (Å²) in [4.78, 5) is 0. The number of rotatable bonds is 4. The molecule has 0 bridgehead atoms. The van der Waals surface area contributed by atoms with Gasteiger partial charge in [0.05, 0.1) is 5.25 Å². The van der Waals surface area contributed by atoms with E-state index in [0.717, 1.165) is 17.3 Å². The van der Waals surface area contributed by atoms with Crippen LogP contribution in [0.2, 0.25) is 0 Å². The van der Waals surface area contributed by atoms with Gasteiger partial charge < -0.3 is 10.2 Å². The molecule has 0 saturated carbocycles. The smallest absolute Gasteiger partial charge is 0.118 e. The number of furan rings is 1. The first-order valence-electron chi connectivity index (χ1n) is 4.58. The van der Waals surface area contributed by atoms with Crippen LogP contribution in [0.4, 0.5) is 0 Å². The SMILES string of the molecule is CCSC(c1ccc(C)o1)C(C)N. The molecule has 0 aromatic carbocycles. The Morgan fingerprint density at radius 2 is 2.23 bits per heavy atom. The van der Waals surface area contributed by atoms with Gasteiger partial charge in [0.15, 0.2) is 0 Å². The summed E-state index contributed by atoms with van der Waals surface area (Å²) in [5.74, 6) is 3.02. The molecule has 3 heteroatoms. The van der Waals surface area contributed by atoms with E-state index in [1.165, 1.54) is 0 Å². The first kappa shape index (κ1) is 10.7. The Labute approximate surface area is 83.9 Å². The Morgan fingerprint density at radius 1 is 1.54 bits per heavy atom. The minimum Gasteiger partial charge on any atom is -0.465 e. The van der Waals surface area contributed by atoms with E-state index in [9.17, 15) is 0 Å². The van der Waals surface area contributed by atoms with Crippen molar-refractivity contribution in [3.05, 3.63) is 23.7 Å². The molecule has 74 valence electrons. The largest absolute Gasteiger partial charge is 0.465 e. The van der Waals surface area contributed by atoms with E-state index in [4.69, 9.17) is 10.2 Å². The molecule has 2 N–H and O–H groups in total. The highest BCUT2D eigenvalue weighted by atomic mass is 32.2. The second-order valence-corrected chi connectivity index (χ2v) is 4.60. The lowest BCUT2D eigenvalue weighted by atomic mass is 10.2. The summed E-state index contributed by atoms with van der Waals surface area (Å²) in [6, 6.07) is 4.14. The second kappa shape index (κ2) is 4.72. The van der Waals surface area contributed by atoms with Crippen molar-refractivity contribution in [1.82, 2.24) is 0 Å². The van der Waals surface area contributed by atoms with Crippen molar-refractivity contribution in [2.45, 2.75) is 32.1 Å². The first-order chi connectivity index (χ1) is 6.15. The molecule has 0 aliphatic heterocycles. The van der Waals surface area contributed by atoms with Crippen LogP contribution in [-0.2, 0) is 0 Å². The standard InChI is InChI=1S/C10H17NOS/c1-4-13-10(8(3)11)9-6-5-7(2)12-9/h5-6,8,10H,4,11H2,1-3H3. The van der Waals surface area contributed by atoms with Gasteiger partial charge in [-0.3, -0.25) is 0 Å². The highest BCUT2D eigenvalue weighted by Gasteiger charge is 2.18. The minimum absolute atomic E-state index is 0.135. The molecule has 1 aromatic heterocycles. The summed E-state index contributed by atoms with van der Waals surface area (Å²) in [7, 11) is 0. The fourth-order valence-electron chi connectivity index (χ4n) is 1.28. The quantitative estimate of drug-likeness (QED) is 0.810. The van der Waals surface area contributed by atoms with Gasteiger partial charge in [0.25, 0.3) is 0 Å². The molecule has 2 unspecified atom stereocenters. The normalized spacial score (nSPS) is 15.7. The summed E-state index contributed by atoms with van der Waals surface area (Å²) in [5, 5.41) is 0.290. The van der Waals surface area contributed by atoms with Gasteiger partial charge in [0, 0.05) is 6.04 Å². The minimum atomic E-state index is 0.135. The summed E-state index contributed by atoms with van der Waals surface area (Å²) in [5.41, 5.74) is 5.88. The summed E-state index contributed by atoms with van der Waals surface area (Å²) in [6.07, 6.45) is 0. The van der Waals surface area contributed by atoms with E-state index in [1.807, 2.05) is 37.7 Å². The predicted octanol–water partition coefficient (Wildman–Crippen LogP) is 2.73. The molecule has 0 saturated heterocycles. The van der Waals surface area contributed by atoms with Crippen molar-refractivity contribution in [3.63, 3.8) is 0 Å². The molecule has 0 aliphatic rings. The molecule has 0 fully saturated rings. The predicted molar refractivity (Wildman–Crippen MR) is 58.0 cm³/mol. The topological polar surface area (TPSA) is 39.2 Å². The van der Waals surface area contributed by atoms with Gasteiger partial charge in [-0.05, 0) is 31.7 Å². The fraction of sp³-hybridized carbons (Fsp3) is 0.600. The molecule has 1 rings (SSSR count). The summed E-state index contributed by atoms with van der Waals surface area (Å²) in [6.45, 7) is 6.11. The van der Waals surface area contributed by atoms with Gasteiger partial charge >= 0.3 is 0 Å². The van der Waals surface area contributed by atoms with E-state index in [-0.39, 0.29) is 6.04 Å². The van der Waals surface area contributed by atoms with Gasteiger partial charge in [-0.15, -0.1) is 11.8 Å². The highest BCUT2D eigenvalue weighted by molar-refractivity contribution is 7.99. The van der Waals surface area contributed by atoms with Crippen LogP contribution >= 0.6 is 11.8 Å². The number of aryl methyl sites for hydroxylation is 1. The summed E-state index contributed by atoms with van der Waals surface area (Å²) >= 11 is 1.83. The van der Waals surface area contributed by atoms with Crippen LogP contribution in [0.1, 0.15) is 30.6 Å². The van der Waals surface area contributed by atoms with Crippen LogP contribution in [0.15, 0.2) is 16.5 Å². The van der Waals surface area contributed by atoms with E-state index in [0.29, 0.717) is 5.25 Å². The average molecular weight is 199 g/mol. The van der Waals surface area contributed by atoms with Gasteiger partial charge in [-0.1, -0.05) is 6.92 Å². The van der Waals surface area contributed by atoms with Crippen molar-refractivity contribution >= 4 is 11.8 Å². The fourth-order valence-corrected chi connectivity index (χ4v) is 2.23. The first-order valence-corrected chi connectivity index (χ1v) is 5.63. The zero-order valence-corrected chi connectivity index (χ0v) is 9.23. The molecule has 0 aliphatic carbocycles. The maximum absolute atomic E-state index is 5.88. The van der Waals surface area contributed by atoms with Gasteiger partial charge in [0.2, 0.25) is 0 Å². The van der Waals surface area contributed by atoms with Crippen molar-refractivity contribution in [2.24, 2.45) is 5.73 Å². The Bertz CT molecular complexity index is 257. The third-order valence-electron chi connectivity index (χ3n) is 1.87. The molecular weight excluding hydrogens is 182 g/mol. The van der Waals surface area contributed by atoms with Crippen LogP contribution in [0.3, 0.4) is 0 Å². The van der Waals surface area contributed by atoms with Gasteiger partial charge in [-0.25, -0.2) is 0 Å². The number of hydrogen-bond donors (Lipinski definition) is 1. The number of hydrogen-bond acceptors (Lipinski definition) is 3. The van der Waals surface area contributed by atoms with E-state index >= 15 is 0 Å². The molecule has 1 heterocycles. The molecule has 1 aromatic rings. The molecule has 0 amide bonds. The van der Waals surface area contributed by atoms with Crippen LogP contribution in [0.25, 0.3) is 0 Å². The van der Waals surface area contributed by atoms with Crippen LogP contribution in [0, 0.1) is 6.92 Å². The maximum Gasteiger partial charge on any atom is 0.118 e. The van der Waals surface area contributed by atoms with Crippen LogP contribution < -0.4 is 5.73 Å². The maximum atomic E-state index is 5.88. The molecule has 2 nitrogen and oxygen atoms in total. The van der Waals surface area contributed by atoms with Crippen molar-refractivity contribution in [2.75, 3.05) is 5.75 Å². The van der Waals surface area contributed by atoms with E-state index in [2.05, 4.69) is 6.92 Å². The Kier molecular flexibility index (Phi) is 3.88. The second-order valence-electron chi connectivity index (χ2n) is 3.18. The highest BCUT2D eigenvalue weighted by Crippen LogP contribution is 2.31. The van der Waals surface area contributed by atoms with E-state index in [1.54, 1.807) is 0 Å². The van der Waals surface area contributed by atoms with Crippen molar-refractivity contribution < 1.29 is 4.42 Å². The Hall–Kier alpha value is -0.410. The molecule has 2 atom stereocenters. The zero-order valence-electron chi connectivity index (χ0n) is 8.41. The molecule has 13 heavy (non-hydrogen) atoms. The Morgan fingerprint density at radius 3 is 2.62 bits per heavy atom. The lowest BCUT2D eigenvalue weighted by molar-refractivity contribution is 0.465. The third-order valence-corrected chi connectivity index (χ3v) is 3.22. The monoisotopic (exact) mass is 199 g/mol. The van der Waals surface area contributed by atoms with Crippen molar-refractivity contribution in [3.8, 4) is 0 Å². The van der Waals surface area contributed by atoms with Crippen LogP contribution in [-0.4, -0.2) is 11.8 Å². The molecular formula is C10H17NOS. The number of nitrogens with two attached hydrogens (primary N) is 1. The zero-order chi connectivity index (χ0) is 9.84. The van der Waals surface area contributed by atoms with Crippen LogP contribution in [0.5, 0.6) is 0 Å². The average Bonchev–Trinajstić information content (AvgIpc) is 2.46. The van der Waals surface area contributed by atoms with Gasteiger partial charge in [-0.2, -0.15) is 0 Å². The van der Waals surface area contributed by atoms with E-state index < -0.39 is 0 Å². The molecule has 0 radical (unpaired) electrons. The summed E-state index contributed by atoms with van der Waals surface area (Å²) < 4.78 is 5.56.